The first kappa shape index (κ1) is 15.3. The summed E-state index contributed by atoms with van der Waals surface area (Å²) < 4.78 is 0. The van der Waals surface area contributed by atoms with Crippen LogP contribution in [0.2, 0.25) is 0 Å². The molecule has 21 heavy (non-hydrogen) atoms. The van der Waals surface area contributed by atoms with E-state index in [9.17, 15) is 5.11 Å². The van der Waals surface area contributed by atoms with Crippen LogP contribution in [-0.4, -0.2) is 46.5 Å². The number of para-hydroxylation sites is 1. The van der Waals surface area contributed by atoms with Crippen LogP contribution >= 0.6 is 12.4 Å². The number of aromatic hydroxyl groups is 1. The van der Waals surface area contributed by atoms with E-state index >= 15 is 0 Å². The van der Waals surface area contributed by atoms with Gasteiger partial charge in [0.25, 0.3) is 0 Å². The molecular formula is C13H17ClN6O. The molecule has 0 unspecified atom stereocenters. The Morgan fingerprint density at radius 2 is 1.86 bits per heavy atom. The van der Waals surface area contributed by atoms with Crippen LogP contribution in [0.1, 0.15) is 0 Å². The van der Waals surface area contributed by atoms with Crippen molar-refractivity contribution in [2.75, 3.05) is 36.8 Å². The predicted molar refractivity (Wildman–Crippen MR) is 83.7 cm³/mol. The molecule has 0 saturated carbocycles. The molecule has 0 spiro atoms. The summed E-state index contributed by atoms with van der Waals surface area (Å²) in [5.41, 5.74) is 6.43. The number of halogens is 1. The van der Waals surface area contributed by atoms with E-state index in [4.69, 9.17) is 5.73 Å². The van der Waals surface area contributed by atoms with Crippen molar-refractivity contribution in [3.63, 3.8) is 0 Å². The molecule has 1 aliphatic heterocycles. The van der Waals surface area contributed by atoms with Gasteiger partial charge in [0, 0.05) is 26.2 Å². The molecule has 8 heteroatoms. The number of rotatable bonds is 2. The Labute approximate surface area is 128 Å². The van der Waals surface area contributed by atoms with Crippen LogP contribution in [0.15, 0.2) is 24.3 Å². The van der Waals surface area contributed by atoms with Gasteiger partial charge in [-0.05, 0) is 12.1 Å². The van der Waals surface area contributed by atoms with Gasteiger partial charge in [-0.2, -0.15) is 0 Å². The number of nitrogens with zero attached hydrogens (tertiary/aromatic N) is 4. The highest BCUT2D eigenvalue weighted by atomic mass is 35.5. The fraction of sp³-hybridized carbons (Fsp3) is 0.308. The highest BCUT2D eigenvalue weighted by Crippen LogP contribution is 2.28. The molecule has 1 aromatic heterocycles. The third-order valence-corrected chi connectivity index (χ3v) is 3.25. The first-order valence-corrected chi connectivity index (χ1v) is 6.50. The Bertz CT molecular complexity index is 617. The molecule has 1 saturated heterocycles. The maximum Gasteiger partial charge on any atom is 0.189 e. The van der Waals surface area contributed by atoms with Crippen molar-refractivity contribution in [1.29, 1.82) is 0 Å². The number of hydrogen-bond donors (Lipinski definition) is 3. The fourth-order valence-electron chi connectivity index (χ4n) is 2.21. The Kier molecular flexibility index (Phi) is 4.77. The average Bonchev–Trinajstić information content (AvgIpc) is 2.49. The molecule has 1 fully saturated rings. The van der Waals surface area contributed by atoms with Gasteiger partial charge in [0.1, 0.15) is 5.75 Å². The zero-order valence-electron chi connectivity index (χ0n) is 11.4. The zero-order chi connectivity index (χ0) is 13.9. The number of hydrogen-bond acceptors (Lipinski definition) is 7. The van der Waals surface area contributed by atoms with Crippen molar-refractivity contribution < 1.29 is 5.11 Å². The molecular weight excluding hydrogens is 292 g/mol. The lowest BCUT2D eigenvalue weighted by Crippen LogP contribution is -2.44. The number of anilines is 2. The van der Waals surface area contributed by atoms with Crippen molar-refractivity contribution >= 4 is 24.0 Å². The van der Waals surface area contributed by atoms with E-state index in [1.165, 1.54) is 0 Å². The second-order valence-corrected chi connectivity index (χ2v) is 4.60. The first-order valence-electron chi connectivity index (χ1n) is 6.50. The normalized spacial score (nSPS) is 14.6. The Balaban J connectivity index is 0.00000161. The van der Waals surface area contributed by atoms with Gasteiger partial charge in [-0.15, -0.1) is 22.6 Å². The average molecular weight is 309 g/mol. The molecule has 1 aliphatic rings. The van der Waals surface area contributed by atoms with E-state index in [0.717, 1.165) is 26.2 Å². The standard InChI is InChI=1S/C13H16N6O.ClH/c14-11-13(19-7-5-15-6-8-19)16-12(18-17-11)9-3-1-2-4-10(9)20;/h1-4,15,20H,5-8H2,(H2,14,17);1H. The summed E-state index contributed by atoms with van der Waals surface area (Å²) in [6.07, 6.45) is 0. The summed E-state index contributed by atoms with van der Waals surface area (Å²) in [5, 5.41) is 21.1. The maximum atomic E-state index is 9.87. The van der Waals surface area contributed by atoms with Crippen LogP contribution in [0.4, 0.5) is 11.6 Å². The van der Waals surface area contributed by atoms with Crippen LogP contribution in [-0.2, 0) is 0 Å². The van der Waals surface area contributed by atoms with Gasteiger partial charge < -0.3 is 21.1 Å². The molecule has 0 bridgehead atoms. The number of phenols is 1. The molecule has 7 nitrogen and oxygen atoms in total. The minimum Gasteiger partial charge on any atom is -0.507 e. The van der Waals surface area contributed by atoms with Gasteiger partial charge >= 0.3 is 0 Å². The quantitative estimate of drug-likeness (QED) is 0.749. The van der Waals surface area contributed by atoms with E-state index in [-0.39, 0.29) is 18.2 Å². The number of nitrogen functional groups attached to an aromatic ring is 1. The summed E-state index contributed by atoms with van der Waals surface area (Å²) in [7, 11) is 0. The van der Waals surface area contributed by atoms with E-state index in [0.29, 0.717) is 23.0 Å². The lowest BCUT2D eigenvalue weighted by atomic mass is 10.2. The molecule has 1 aromatic carbocycles. The van der Waals surface area contributed by atoms with Crippen molar-refractivity contribution in [2.45, 2.75) is 0 Å². The predicted octanol–water partition coefficient (Wildman–Crippen LogP) is 0.658. The second kappa shape index (κ2) is 6.55. The van der Waals surface area contributed by atoms with Gasteiger partial charge in [-0.3, -0.25) is 0 Å². The molecule has 4 N–H and O–H groups in total. The number of phenolic OH excluding ortho intramolecular Hbond substituents is 1. The van der Waals surface area contributed by atoms with Crippen molar-refractivity contribution in [2.24, 2.45) is 0 Å². The minimum absolute atomic E-state index is 0. The number of piperazine rings is 1. The second-order valence-electron chi connectivity index (χ2n) is 4.60. The highest BCUT2D eigenvalue weighted by molar-refractivity contribution is 5.85. The van der Waals surface area contributed by atoms with Gasteiger partial charge in [0.2, 0.25) is 0 Å². The van der Waals surface area contributed by atoms with Crippen molar-refractivity contribution in [3.05, 3.63) is 24.3 Å². The van der Waals surface area contributed by atoms with Gasteiger partial charge in [-0.1, -0.05) is 12.1 Å². The van der Waals surface area contributed by atoms with E-state index in [2.05, 4.69) is 25.4 Å². The van der Waals surface area contributed by atoms with Gasteiger partial charge in [0.15, 0.2) is 17.5 Å². The monoisotopic (exact) mass is 308 g/mol. The SMILES string of the molecule is Cl.Nc1nnc(-c2ccccc2O)nc1N1CCNCC1. The summed E-state index contributed by atoms with van der Waals surface area (Å²) in [6, 6.07) is 6.92. The summed E-state index contributed by atoms with van der Waals surface area (Å²) in [4.78, 5) is 6.54. The lowest BCUT2D eigenvalue weighted by Gasteiger charge is -2.28. The summed E-state index contributed by atoms with van der Waals surface area (Å²) in [6.45, 7) is 3.41. The Morgan fingerprint density at radius 1 is 1.14 bits per heavy atom. The third-order valence-electron chi connectivity index (χ3n) is 3.25. The first-order chi connectivity index (χ1) is 9.75. The smallest absolute Gasteiger partial charge is 0.189 e. The van der Waals surface area contributed by atoms with Crippen molar-refractivity contribution in [1.82, 2.24) is 20.5 Å². The number of benzene rings is 1. The maximum absolute atomic E-state index is 9.87. The van der Waals surface area contributed by atoms with Crippen LogP contribution in [0.3, 0.4) is 0 Å². The molecule has 2 heterocycles. The molecule has 2 aromatic rings. The Morgan fingerprint density at radius 3 is 2.57 bits per heavy atom. The van der Waals surface area contributed by atoms with Crippen LogP contribution in [0.5, 0.6) is 5.75 Å². The minimum atomic E-state index is 0. The van der Waals surface area contributed by atoms with Crippen molar-refractivity contribution in [3.8, 4) is 17.1 Å². The van der Waals surface area contributed by atoms with Gasteiger partial charge in [-0.25, -0.2) is 4.98 Å². The fourth-order valence-corrected chi connectivity index (χ4v) is 2.21. The lowest BCUT2D eigenvalue weighted by molar-refractivity contribution is 0.476. The van der Waals surface area contributed by atoms with Crippen LogP contribution in [0, 0.1) is 0 Å². The summed E-state index contributed by atoms with van der Waals surface area (Å²) >= 11 is 0. The van der Waals surface area contributed by atoms with E-state index in [1.54, 1.807) is 18.2 Å². The Hall–Kier alpha value is -2.12. The topological polar surface area (TPSA) is 100 Å². The number of aromatic nitrogens is 3. The molecule has 0 aliphatic carbocycles. The van der Waals surface area contributed by atoms with E-state index < -0.39 is 0 Å². The highest BCUT2D eigenvalue weighted by Gasteiger charge is 2.18. The van der Waals surface area contributed by atoms with E-state index in [1.807, 2.05) is 6.07 Å². The zero-order valence-corrected chi connectivity index (χ0v) is 12.2. The third kappa shape index (κ3) is 3.14. The number of nitrogens with one attached hydrogen (secondary N) is 1. The molecule has 112 valence electrons. The molecule has 0 radical (unpaired) electrons. The molecule has 0 atom stereocenters. The van der Waals surface area contributed by atoms with Crippen LogP contribution < -0.4 is 16.0 Å². The largest absolute Gasteiger partial charge is 0.507 e. The van der Waals surface area contributed by atoms with Gasteiger partial charge in [0.05, 0.1) is 5.56 Å². The number of nitrogens with two attached hydrogens (primary N) is 1. The van der Waals surface area contributed by atoms with Crippen LogP contribution in [0.25, 0.3) is 11.4 Å². The molecule has 3 rings (SSSR count). The molecule has 0 amide bonds. The summed E-state index contributed by atoms with van der Waals surface area (Å²) in [5.74, 6) is 1.45.